The fourth-order valence-corrected chi connectivity index (χ4v) is 2.58. The average Bonchev–Trinajstić information content (AvgIpc) is 2.56. The monoisotopic (exact) mass is 403 g/mol. The molecule has 160 valence electrons. The van der Waals surface area contributed by atoms with Gasteiger partial charge in [-0.15, -0.1) is 0 Å². The number of hydrogen-bond donors (Lipinski definition) is 2. The van der Waals surface area contributed by atoms with Crippen LogP contribution in [0.4, 0.5) is 4.79 Å². The van der Waals surface area contributed by atoms with Gasteiger partial charge in [-0.2, -0.15) is 0 Å². The highest BCUT2D eigenvalue weighted by Gasteiger charge is 2.31. The van der Waals surface area contributed by atoms with Crippen LogP contribution in [0.3, 0.4) is 0 Å². The number of alkyl carbamates (subject to hydrolysis) is 1. The number of ether oxygens (including phenoxy) is 1. The number of nitrogens with zero attached hydrogens (tertiary/aromatic N) is 1. The number of amides is 3. The summed E-state index contributed by atoms with van der Waals surface area (Å²) in [6.45, 7) is 14.3. The molecule has 0 heterocycles. The predicted octanol–water partition coefficient (Wildman–Crippen LogP) is 3.27. The maximum atomic E-state index is 13.0. The van der Waals surface area contributed by atoms with E-state index in [4.69, 9.17) is 4.74 Å². The van der Waals surface area contributed by atoms with Crippen molar-refractivity contribution >= 4 is 24.0 Å². The van der Waals surface area contributed by atoms with Crippen LogP contribution in [0.1, 0.15) is 58.7 Å². The van der Waals surface area contributed by atoms with Crippen molar-refractivity contribution in [3.05, 3.63) is 42.0 Å². The van der Waals surface area contributed by atoms with Gasteiger partial charge in [0, 0.05) is 12.6 Å². The standard InChI is InChI=1S/C22H33N3O4/c1-9-15-11-10-12-16(13-15)18(19(27)24-21(2,3)4)25(8)17(26)14-23-20(28)29-22(5,6)7/h9-13,18H,1,14H2,2-8H3,(H,23,28)(H,24,27). The number of nitrogens with one attached hydrogen (secondary N) is 2. The minimum absolute atomic E-state index is 0.286. The highest BCUT2D eigenvalue weighted by Crippen LogP contribution is 2.22. The Labute approximate surface area is 173 Å². The first kappa shape index (κ1) is 24.2. The maximum absolute atomic E-state index is 13.0. The van der Waals surface area contributed by atoms with Gasteiger partial charge in [-0.25, -0.2) is 4.79 Å². The molecule has 3 amide bonds. The number of hydrogen-bond acceptors (Lipinski definition) is 4. The summed E-state index contributed by atoms with van der Waals surface area (Å²) < 4.78 is 5.15. The number of likely N-dealkylation sites (N-methyl/N-ethyl adjacent to an activating group) is 1. The minimum atomic E-state index is -0.859. The van der Waals surface area contributed by atoms with Gasteiger partial charge in [0.2, 0.25) is 11.8 Å². The highest BCUT2D eigenvalue weighted by atomic mass is 16.6. The molecule has 1 aromatic rings. The third-order valence-corrected chi connectivity index (χ3v) is 3.77. The van der Waals surface area contributed by atoms with Gasteiger partial charge in [0.1, 0.15) is 18.2 Å². The Hall–Kier alpha value is -2.83. The van der Waals surface area contributed by atoms with E-state index in [0.717, 1.165) is 5.56 Å². The first-order chi connectivity index (χ1) is 13.2. The molecule has 7 nitrogen and oxygen atoms in total. The van der Waals surface area contributed by atoms with Crippen LogP contribution in [0.25, 0.3) is 6.08 Å². The quantitative estimate of drug-likeness (QED) is 0.763. The summed E-state index contributed by atoms with van der Waals surface area (Å²) in [6, 6.07) is 6.40. The first-order valence-electron chi connectivity index (χ1n) is 9.50. The highest BCUT2D eigenvalue weighted by molar-refractivity contribution is 5.90. The maximum Gasteiger partial charge on any atom is 0.408 e. The molecule has 0 aliphatic heterocycles. The van der Waals surface area contributed by atoms with Crippen molar-refractivity contribution in [2.45, 2.75) is 58.7 Å². The molecule has 0 radical (unpaired) electrons. The number of carbonyl (C=O) groups is 3. The normalized spacial score (nSPS) is 12.5. The van der Waals surface area contributed by atoms with E-state index in [9.17, 15) is 14.4 Å². The number of carbonyl (C=O) groups excluding carboxylic acids is 3. The van der Waals surface area contributed by atoms with E-state index in [-0.39, 0.29) is 12.5 Å². The Kier molecular flexibility index (Phi) is 8.00. The zero-order valence-corrected chi connectivity index (χ0v) is 18.5. The topological polar surface area (TPSA) is 87.7 Å². The van der Waals surface area contributed by atoms with Gasteiger partial charge in [-0.3, -0.25) is 9.59 Å². The molecule has 1 unspecified atom stereocenters. The van der Waals surface area contributed by atoms with Gasteiger partial charge in [-0.1, -0.05) is 30.9 Å². The van der Waals surface area contributed by atoms with Gasteiger partial charge in [0.05, 0.1) is 0 Å². The number of rotatable bonds is 6. The molecule has 1 aromatic carbocycles. The molecule has 0 aromatic heterocycles. The van der Waals surface area contributed by atoms with Crippen molar-refractivity contribution in [2.75, 3.05) is 13.6 Å². The van der Waals surface area contributed by atoms with E-state index in [1.54, 1.807) is 39.0 Å². The fraction of sp³-hybridized carbons (Fsp3) is 0.500. The van der Waals surface area contributed by atoms with Crippen LogP contribution in [0.15, 0.2) is 30.8 Å². The zero-order valence-electron chi connectivity index (χ0n) is 18.5. The summed E-state index contributed by atoms with van der Waals surface area (Å²) in [5, 5.41) is 5.35. The van der Waals surface area contributed by atoms with Crippen LogP contribution < -0.4 is 10.6 Å². The van der Waals surface area contributed by atoms with E-state index >= 15 is 0 Å². The molecule has 0 fully saturated rings. The van der Waals surface area contributed by atoms with Gasteiger partial charge in [-0.05, 0) is 58.7 Å². The largest absolute Gasteiger partial charge is 0.444 e. The van der Waals surface area contributed by atoms with Crippen LogP contribution in [-0.4, -0.2) is 47.5 Å². The lowest BCUT2D eigenvalue weighted by Crippen LogP contribution is -2.50. The molecular weight excluding hydrogens is 370 g/mol. The summed E-state index contributed by atoms with van der Waals surface area (Å²) in [7, 11) is 1.53. The molecule has 0 saturated carbocycles. The lowest BCUT2D eigenvalue weighted by atomic mass is 10.00. The van der Waals surface area contributed by atoms with Crippen molar-refractivity contribution in [3.63, 3.8) is 0 Å². The van der Waals surface area contributed by atoms with Crippen LogP contribution in [0, 0.1) is 0 Å². The molecule has 1 atom stereocenters. The van der Waals surface area contributed by atoms with Crippen LogP contribution in [0.2, 0.25) is 0 Å². The van der Waals surface area contributed by atoms with E-state index < -0.39 is 29.2 Å². The molecule has 1 rings (SSSR count). The Morgan fingerprint density at radius 1 is 1.17 bits per heavy atom. The zero-order chi connectivity index (χ0) is 22.4. The lowest BCUT2D eigenvalue weighted by molar-refractivity contribution is -0.139. The van der Waals surface area contributed by atoms with Crippen molar-refractivity contribution in [3.8, 4) is 0 Å². The smallest absolute Gasteiger partial charge is 0.408 e. The molecule has 0 aliphatic carbocycles. The fourth-order valence-electron chi connectivity index (χ4n) is 2.58. The molecule has 0 spiro atoms. The third kappa shape index (κ3) is 8.37. The molecule has 0 saturated heterocycles. The summed E-state index contributed by atoms with van der Waals surface area (Å²) in [5.74, 6) is -0.735. The number of benzene rings is 1. The van der Waals surface area contributed by atoms with Crippen molar-refractivity contribution in [1.29, 1.82) is 0 Å². The van der Waals surface area contributed by atoms with E-state index in [2.05, 4.69) is 17.2 Å². The Bertz CT molecular complexity index is 760. The Balaban J connectivity index is 3.04. The molecule has 2 N–H and O–H groups in total. The molecule has 29 heavy (non-hydrogen) atoms. The van der Waals surface area contributed by atoms with Gasteiger partial charge >= 0.3 is 6.09 Å². The van der Waals surface area contributed by atoms with E-state index in [1.807, 2.05) is 32.9 Å². The average molecular weight is 404 g/mol. The summed E-state index contributed by atoms with van der Waals surface area (Å²) >= 11 is 0. The Morgan fingerprint density at radius 3 is 2.31 bits per heavy atom. The van der Waals surface area contributed by atoms with Crippen molar-refractivity contribution in [2.24, 2.45) is 0 Å². The minimum Gasteiger partial charge on any atom is -0.444 e. The van der Waals surface area contributed by atoms with Gasteiger partial charge in [0.25, 0.3) is 0 Å². The second-order valence-electron chi connectivity index (χ2n) is 8.88. The SMILES string of the molecule is C=Cc1cccc(C(C(=O)NC(C)(C)C)N(C)C(=O)CNC(=O)OC(C)(C)C)c1. The van der Waals surface area contributed by atoms with E-state index in [1.165, 1.54) is 11.9 Å². The van der Waals surface area contributed by atoms with Crippen LogP contribution in [0.5, 0.6) is 0 Å². The summed E-state index contributed by atoms with van der Waals surface area (Å²) in [6.07, 6.45) is 0.984. The van der Waals surface area contributed by atoms with Crippen LogP contribution >= 0.6 is 0 Å². The first-order valence-corrected chi connectivity index (χ1v) is 9.50. The van der Waals surface area contributed by atoms with Gasteiger partial charge in [0.15, 0.2) is 0 Å². The summed E-state index contributed by atoms with van der Waals surface area (Å²) in [5.41, 5.74) is 0.351. The molecule has 0 aliphatic rings. The van der Waals surface area contributed by atoms with Crippen molar-refractivity contribution < 1.29 is 19.1 Å². The summed E-state index contributed by atoms with van der Waals surface area (Å²) in [4.78, 5) is 38.9. The lowest BCUT2D eigenvalue weighted by Gasteiger charge is -2.31. The van der Waals surface area contributed by atoms with Gasteiger partial charge < -0.3 is 20.3 Å². The third-order valence-electron chi connectivity index (χ3n) is 3.77. The second kappa shape index (κ2) is 9.58. The molecular formula is C22H33N3O4. The molecule has 7 heteroatoms. The van der Waals surface area contributed by atoms with E-state index in [0.29, 0.717) is 5.56 Å². The Morgan fingerprint density at radius 2 is 1.79 bits per heavy atom. The second-order valence-corrected chi connectivity index (χ2v) is 8.88. The predicted molar refractivity (Wildman–Crippen MR) is 114 cm³/mol. The van der Waals surface area contributed by atoms with Crippen LogP contribution in [-0.2, 0) is 14.3 Å². The van der Waals surface area contributed by atoms with Crippen molar-refractivity contribution in [1.82, 2.24) is 15.5 Å². The molecule has 0 bridgehead atoms.